The number of halogens is 1. The molecule has 3 atom stereocenters. The van der Waals surface area contributed by atoms with E-state index in [4.69, 9.17) is 16.3 Å². The maximum absolute atomic E-state index is 12.7. The van der Waals surface area contributed by atoms with Crippen molar-refractivity contribution in [3.63, 3.8) is 0 Å². The minimum absolute atomic E-state index is 0.0488. The third-order valence-electron chi connectivity index (χ3n) is 5.82. The molecule has 0 spiro atoms. The number of nitrogens with one attached hydrogen (secondary N) is 1. The van der Waals surface area contributed by atoms with Crippen LogP contribution in [0.1, 0.15) is 19.3 Å². The number of piperidine rings is 1. The van der Waals surface area contributed by atoms with Gasteiger partial charge in [-0.3, -0.25) is 4.90 Å². The van der Waals surface area contributed by atoms with Gasteiger partial charge >= 0.3 is 6.03 Å². The molecule has 0 bridgehead atoms. The van der Waals surface area contributed by atoms with Crippen LogP contribution in [0.4, 0.5) is 10.5 Å². The first kappa shape index (κ1) is 16.0. The zero-order valence-corrected chi connectivity index (χ0v) is 14.8. The number of methoxy groups -OCH3 is 1. The van der Waals surface area contributed by atoms with Crippen LogP contribution in [-0.2, 0) is 0 Å². The van der Waals surface area contributed by atoms with Gasteiger partial charge in [0.2, 0.25) is 0 Å². The van der Waals surface area contributed by atoms with Gasteiger partial charge in [0.15, 0.2) is 5.75 Å². The van der Waals surface area contributed by atoms with Gasteiger partial charge in [0, 0.05) is 25.7 Å². The highest BCUT2D eigenvalue weighted by atomic mass is 35.5. The van der Waals surface area contributed by atoms with Crippen LogP contribution in [-0.4, -0.2) is 55.2 Å². The Bertz CT molecular complexity index is 639. The fourth-order valence-electron chi connectivity index (χ4n) is 4.73. The number of anilines is 1. The lowest BCUT2D eigenvalue weighted by atomic mass is 9.90. The normalized spacial score (nSPS) is 29.2. The van der Waals surface area contributed by atoms with Crippen LogP contribution in [0.3, 0.4) is 0 Å². The Morgan fingerprint density at radius 2 is 2.17 bits per heavy atom. The highest BCUT2D eigenvalue weighted by Gasteiger charge is 2.48. The monoisotopic (exact) mass is 349 g/mol. The van der Waals surface area contributed by atoms with Crippen LogP contribution in [0.15, 0.2) is 18.2 Å². The molecule has 0 aliphatic carbocycles. The molecule has 3 saturated heterocycles. The standard InChI is InChI=1S/C18H24ClN3O2/c1-24-17-14(19)5-4-6-15(17)20-18(23)22-10-12-9-21-8-3-2-7-16(21)13(12)11-22/h4-6,12-13,16H,2-3,7-11H2,1H3,(H,20,23)/t12-,13+,16-/m0/s1. The van der Waals surface area contributed by atoms with Crippen molar-refractivity contribution >= 4 is 23.3 Å². The van der Waals surface area contributed by atoms with Crippen molar-refractivity contribution in [3.05, 3.63) is 23.2 Å². The van der Waals surface area contributed by atoms with Crippen LogP contribution in [0, 0.1) is 11.8 Å². The van der Waals surface area contributed by atoms with Crippen LogP contribution in [0.2, 0.25) is 5.02 Å². The minimum atomic E-state index is -0.0488. The van der Waals surface area contributed by atoms with E-state index in [9.17, 15) is 4.79 Å². The van der Waals surface area contributed by atoms with Gasteiger partial charge in [0.05, 0.1) is 17.8 Å². The van der Waals surface area contributed by atoms with E-state index in [-0.39, 0.29) is 6.03 Å². The number of fused-ring (bicyclic) bond motifs is 3. The van der Waals surface area contributed by atoms with Crippen molar-refractivity contribution in [1.29, 1.82) is 0 Å². The maximum atomic E-state index is 12.7. The van der Waals surface area contributed by atoms with Gasteiger partial charge in [-0.25, -0.2) is 4.79 Å². The lowest BCUT2D eigenvalue weighted by molar-refractivity contribution is 0.157. The number of ether oxygens (including phenoxy) is 1. The number of carbonyl (C=O) groups excluding carboxylic acids is 1. The molecule has 0 aromatic heterocycles. The minimum Gasteiger partial charge on any atom is -0.493 e. The Balaban J connectivity index is 1.43. The predicted molar refractivity (Wildman–Crippen MR) is 94.8 cm³/mol. The molecule has 3 aliphatic rings. The van der Waals surface area contributed by atoms with Crippen molar-refractivity contribution in [2.45, 2.75) is 25.3 Å². The second-order valence-corrected chi connectivity index (χ2v) is 7.54. The molecule has 3 aliphatic heterocycles. The lowest BCUT2D eigenvalue weighted by Crippen LogP contribution is -2.41. The molecule has 1 aromatic carbocycles. The summed E-state index contributed by atoms with van der Waals surface area (Å²) in [6.07, 6.45) is 3.95. The number of hydrogen-bond donors (Lipinski definition) is 1. The summed E-state index contributed by atoms with van der Waals surface area (Å²) in [7, 11) is 1.56. The molecule has 3 heterocycles. The molecule has 6 heteroatoms. The Morgan fingerprint density at radius 3 is 3.00 bits per heavy atom. The van der Waals surface area contributed by atoms with Gasteiger partial charge in [-0.05, 0) is 43.4 Å². The predicted octanol–water partition coefficient (Wildman–Crippen LogP) is 3.30. The van der Waals surface area contributed by atoms with Gasteiger partial charge < -0.3 is 15.0 Å². The summed E-state index contributed by atoms with van der Waals surface area (Å²) in [5, 5.41) is 3.48. The van der Waals surface area contributed by atoms with Crippen LogP contribution in [0.5, 0.6) is 5.75 Å². The van der Waals surface area contributed by atoms with Gasteiger partial charge in [0.1, 0.15) is 0 Å². The summed E-state index contributed by atoms with van der Waals surface area (Å²) in [5.41, 5.74) is 0.631. The van der Waals surface area contributed by atoms with E-state index in [0.29, 0.717) is 34.3 Å². The lowest BCUT2D eigenvalue weighted by Gasteiger charge is -2.33. The zero-order chi connectivity index (χ0) is 16.7. The molecule has 5 nitrogen and oxygen atoms in total. The van der Waals surface area contributed by atoms with Gasteiger partial charge in [-0.15, -0.1) is 0 Å². The molecule has 130 valence electrons. The number of rotatable bonds is 2. The summed E-state index contributed by atoms with van der Waals surface area (Å²) < 4.78 is 5.31. The van der Waals surface area contributed by atoms with E-state index in [0.717, 1.165) is 19.6 Å². The summed E-state index contributed by atoms with van der Waals surface area (Å²) in [4.78, 5) is 17.3. The number of benzene rings is 1. The highest BCUT2D eigenvalue weighted by Crippen LogP contribution is 2.40. The second-order valence-electron chi connectivity index (χ2n) is 7.14. The molecule has 0 radical (unpaired) electrons. The molecule has 3 fully saturated rings. The van der Waals surface area contributed by atoms with E-state index in [1.165, 1.54) is 25.8 Å². The fourth-order valence-corrected chi connectivity index (χ4v) is 4.98. The van der Waals surface area contributed by atoms with Crippen molar-refractivity contribution in [2.75, 3.05) is 38.6 Å². The Morgan fingerprint density at radius 1 is 1.29 bits per heavy atom. The number of hydrogen-bond acceptors (Lipinski definition) is 3. The number of urea groups is 1. The Kier molecular flexibility index (Phi) is 4.31. The number of carbonyl (C=O) groups is 1. The Hall–Kier alpha value is -1.46. The first-order chi connectivity index (χ1) is 11.7. The zero-order valence-electron chi connectivity index (χ0n) is 14.0. The average Bonchev–Trinajstić information content (AvgIpc) is 3.13. The van der Waals surface area contributed by atoms with Crippen molar-refractivity contribution in [2.24, 2.45) is 11.8 Å². The molecule has 0 unspecified atom stereocenters. The molecule has 24 heavy (non-hydrogen) atoms. The number of likely N-dealkylation sites (tertiary alicyclic amines) is 1. The second kappa shape index (κ2) is 6.45. The molecule has 4 rings (SSSR count). The summed E-state index contributed by atoms with van der Waals surface area (Å²) in [6.45, 7) is 4.11. The van der Waals surface area contributed by atoms with E-state index >= 15 is 0 Å². The number of nitrogens with zero attached hydrogens (tertiary/aromatic N) is 2. The summed E-state index contributed by atoms with van der Waals surface area (Å²) in [5.74, 6) is 1.78. The molecule has 0 saturated carbocycles. The van der Waals surface area contributed by atoms with Crippen molar-refractivity contribution in [3.8, 4) is 5.75 Å². The molecular formula is C18H24ClN3O2. The number of amides is 2. The van der Waals surface area contributed by atoms with Crippen LogP contribution >= 0.6 is 11.6 Å². The van der Waals surface area contributed by atoms with E-state index in [1.54, 1.807) is 13.2 Å². The summed E-state index contributed by atoms with van der Waals surface area (Å²) >= 11 is 6.13. The quantitative estimate of drug-likeness (QED) is 0.891. The average molecular weight is 350 g/mol. The fraction of sp³-hybridized carbons (Fsp3) is 0.611. The van der Waals surface area contributed by atoms with E-state index in [1.807, 2.05) is 17.0 Å². The number of para-hydroxylation sites is 1. The first-order valence-electron chi connectivity index (χ1n) is 8.80. The molecule has 1 aromatic rings. The molecule has 2 amide bonds. The SMILES string of the molecule is COc1c(Cl)cccc1NC(=O)N1C[C@@H]2CN3CCCC[C@H]3[C@@H]2C1. The van der Waals surface area contributed by atoms with Gasteiger partial charge in [-0.1, -0.05) is 24.1 Å². The third kappa shape index (κ3) is 2.74. The van der Waals surface area contributed by atoms with E-state index < -0.39 is 0 Å². The largest absolute Gasteiger partial charge is 0.493 e. The highest BCUT2D eigenvalue weighted by molar-refractivity contribution is 6.32. The topological polar surface area (TPSA) is 44.8 Å². The molecular weight excluding hydrogens is 326 g/mol. The van der Waals surface area contributed by atoms with E-state index in [2.05, 4.69) is 10.2 Å². The maximum Gasteiger partial charge on any atom is 0.321 e. The summed E-state index contributed by atoms with van der Waals surface area (Å²) in [6, 6.07) is 6.03. The molecule has 1 N–H and O–H groups in total. The van der Waals surface area contributed by atoms with Crippen LogP contribution < -0.4 is 10.1 Å². The smallest absolute Gasteiger partial charge is 0.321 e. The third-order valence-corrected chi connectivity index (χ3v) is 6.12. The Labute approximate surface area is 147 Å². The van der Waals surface area contributed by atoms with Gasteiger partial charge in [0.25, 0.3) is 0 Å². The van der Waals surface area contributed by atoms with Crippen molar-refractivity contribution < 1.29 is 9.53 Å². The van der Waals surface area contributed by atoms with Crippen LogP contribution in [0.25, 0.3) is 0 Å². The van der Waals surface area contributed by atoms with Crippen molar-refractivity contribution in [1.82, 2.24) is 9.80 Å². The first-order valence-corrected chi connectivity index (χ1v) is 9.17. The van der Waals surface area contributed by atoms with Gasteiger partial charge in [-0.2, -0.15) is 0 Å².